The highest BCUT2D eigenvalue weighted by atomic mass is 35.5. The number of carbonyl (C=O) groups excluding carboxylic acids is 2. The first-order valence-electron chi connectivity index (χ1n) is 9.17. The minimum atomic E-state index is -0.106. The summed E-state index contributed by atoms with van der Waals surface area (Å²) in [5.41, 5.74) is 3.73. The van der Waals surface area contributed by atoms with Crippen LogP contribution in [0.15, 0.2) is 41.3 Å². The number of thioether (sulfide) groups is 1. The molecule has 1 aliphatic rings. The van der Waals surface area contributed by atoms with E-state index in [1.54, 1.807) is 16.7 Å². The zero-order valence-electron chi connectivity index (χ0n) is 15.5. The van der Waals surface area contributed by atoms with Crippen LogP contribution < -0.4 is 10.2 Å². The van der Waals surface area contributed by atoms with Crippen molar-refractivity contribution in [1.29, 1.82) is 0 Å². The first kappa shape index (κ1) is 19.8. The van der Waals surface area contributed by atoms with E-state index in [2.05, 4.69) is 12.2 Å². The van der Waals surface area contributed by atoms with E-state index in [0.29, 0.717) is 17.3 Å². The number of anilines is 2. The molecule has 0 atom stereocenters. The molecule has 1 heterocycles. The number of aryl methyl sites for hydroxylation is 1. The summed E-state index contributed by atoms with van der Waals surface area (Å²) >= 11 is 7.85. The van der Waals surface area contributed by atoms with Gasteiger partial charge in [-0.3, -0.25) is 9.59 Å². The van der Waals surface area contributed by atoms with Crippen molar-refractivity contribution in [3.63, 3.8) is 0 Å². The number of rotatable bonds is 6. The van der Waals surface area contributed by atoms with Gasteiger partial charge in [-0.1, -0.05) is 43.6 Å². The number of halogens is 1. The maximum Gasteiger partial charge on any atom is 0.237 e. The summed E-state index contributed by atoms with van der Waals surface area (Å²) in [5.74, 6) is 0.343. The molecule has 0 spiro atoms. The van der Waals surface area contributed by atoms with Crippen molar-refractivity contribution in [3.05, 3.63) is 52.5 Å². The van der Waals surface area contributed by atoms with E-state index < -0.39 is 0 Å². The third kappa shape index (κ3) is 4.30. The number of nitrogens with one attached hydrogen (secondary N) is 1. The molecule has 0 saturated heterocycles. The Balaban J connectivity index is 1.73. The molecule has 6 heteroatoms. The molecule has 4 nitrogen and oxygen atoms in total. The highest BCUT2D eigenvalue weighted by Gasteiger charge is 2.25. The van der Waals surface area contributed by atoms with E-state index in [1.807, 2.05) is 43.3 Å². The zero-order chi connectivity index (χ0) is 19.4. The first-order chi connectivity index (χ1) is 13.0. The second kappa shape index (κ2) is 8.81. The average molecular weight is 403 g/mol. The number of hydrogen-bond acceptors (Lipinski definition) is 3. The predicted molar refractivity (Wildman–Crippen MR) is 113 cm³/mol. The van der Waals surface area contributed by atoms with Crippen molar-refractivity contribution >= 4 is 46.6 Å². The Labute approximate surface area is 169 Å². The quantitative estimate of drug-likeness (QED) is 0.745. The summed E-state index contributed by atoms with van der Waals surface area (Å²) in [5, 5.41) is 3.70. The molecule has 2 aromatic rings. The minimum absolute atomic E-state index is 0.0396. The Kier molecular flexibility index (Phi) is 6.45. The summed E-state index contributed by atoms with van der Waals surface area (Å²) < 4.78 is 0. The molecule has 2 amide bonds. The third-order valence-corrected chi connectivity index (χ3v) is 6.11. The number of fused-ring (bicyclic) bond motifs is 1. The van der Waals surface area contributed by atoms with Gasteiger partial charge >= 0.3 is 0 Å². The maximum atomic E-state index is 12.6. The molecule has 2 aromatic carbocycles. The molecule has 27 heavy (non-hydrogen) atoms. The summed E-state index contributed by atoms with van der Waals surface area (Å²) in [6, 6.07) is 11.7. The highest BCUT2D eigenvalue weighted by molar-refractivity contribution is 8.00. The number of carbonyl (C=O) groups is 2. The highest BCUT2D eigenvalue weighted by Crippen LogP contribution is 2.35. The Hall–Kier alpha value is -1.98. The molecule has 1 aliphatic heterocycles. The van der Waals surface area contributed by atoms with Crippen LogP contribution in [0.1, 0.15) is 31.4 Å². The standard InChI is InChI=1S/C21H23ClN2O2S/c1-3-14-9-10-16(22)15(4-2)21(14)23-19(25)11-12-24-17-7-5-6-8-18(17)27-13-20(24)26/h5-10H,3-4,11-13H2,1-2H3,(H,23,25). The van der Waals surface area contributed by atoms with Gasteiger partial charge in [0, 0.05) is 28.6 Å². The average Bonchev–Trinajstić information content (AvgIpc) is 2.67. The molecule has 0 bridgehead atoms. The van der Waals surface area contributed by atoms with Gasteiger partial charge in [0.15, 0.2) is 0 Å². The van der Waals surface area contributed by atoms with Crippen LogP contribution in [0.25, 0.3) is 0 Å². The van der Waals surface area contributed by atoms with Crippen LogP contribution >= 0.6 is 23.4 Å². The maximum absolute atomic E-state index is 12.6. The number of para-hydroxylation sites is 1. The molecule has 3 rings (SSSR count). The summed E-state index contributed by atoms with van der Waals surface area (Å²) in [6.45, 7) is 4.45. The first-order valence-corrected chi connectivity index (χ1v) is 10.5. The molecule has 0 aromatic heterocycles. The Bertz CT molecular complexity index is 869. The molecular weight excluding hydrogens is 380 g/mol. The molecule has 0 radical (unpaired) electrons. The monoisotopic (exact) mass is 402 g/mol. The second-order valence-electron chi connectivity index (χ2n) is 6.37. The number of amides is 2. The lowest BCUT2D eigenvalue weighted by atomic mass is 10.0. The predicted octanol–water partition coefficient (Wildman–Crippen LogP) is 4.93. The SMILES string of the molecule is CCc1ccc(Cl)c(CC)c1NC(=O)CCN1C(=O)CSc2ccccc21. The lowest BCUT2D eigenvalue weighted by Gasteiger charge is -2.28. The fourth-order valence-electron chi connectivity index (χ4n) is 3.28. The second-order valence-corrected chi connectivity index (χ2v) is 7.79. The molecule has 142 valence electrons. The Morgan fingerprint density at radius 3 is 2.70 bits per heavy atom. The summed E-state index contributed by atoms with van der Waals surface area (Å²) in [4.78, 5) is 27.7. The van der Waals surface area contributed by atoms with Gasteiger partial charge in [0.2, 0.25) is 11.8 Å². The largest absolute Gasteiger partial charge is 0.325 e. The minimum Gasteiger partial charge on any atom is -0.325 e. The van der Waals surface area contributed by atoms with E-state index in [1.165, 1.54) is 0 Å². The normalized spacial score (nSPS) is 13.4. The van der Waals surface area contributed by atoms with Gasteiger partial charge in [-0.05, 0) is 42.2 Å². The Morgan fingerprint density at radius 1 is 1.19 bits per heavy atom. The van der Waals surface area contributed by atoms with E-state index in [9.17, 15) is 9.59 Å². The van der Waals surface area contributed by atoms with Crippen molar-refractivity contribution in [2.75, 3.05) is 22.5 Å². The summed E-state index contributed by atoms with van der Waals surface area (Å²) in [6.07, 6.45) is 1.80. The van der Waals surface area contributed by atoms with Crippen LogP contribution in [0.5, 0.6) is 0 Å². The topological polar surface area (TPSA) is 49.4 Å². The number of nitrogens with zero attached hydrogens (tertiary/aromatic N) is 1. The smallest absolute Gasteiger partial charge is 0.237 e. The van der Waals surface area contributed by atoms with E-state index in [-0.39, 0.29) is 18.2 Å². The van der Waals surface area contributed by atoms with Crippen LogP contribution in [0, 0.1) is 0 Å². The number of hydrogen-bond donors (Lipinski definition) is 1. The number of benzene rings is 2. The molecule has 0 aliphatic carbocycles. The van der Waals surface area contributed by atoms with E-state index in [4.69, 9.17) is 11.6 Å². The van der Waals surface area contributed by atoms with E-state index in [0.717, 1.165) is 40.2 Å². The van der Waals surface area contributed by atoms with E-state index >= 15 is 0 Å². The lowest BCUT2D eigenvalue weighted by Crippen LogP contribution is -2.37. The Morgan fingerprint density at radius 2 is 1.96 bits per heavy atom. The van der Waals surface area contributed by atoms with Gasteiger partial charge in [0.1, 0.15) is 0 Å². The van der Waals surface area contributed by atoms with Crippen molar-refractivity contribution in [2.24, 2.45) is 0 Å². The molecule has 1 N–H and O–H groups in total. The molecule has 0 saturated carbocycles. The van der Waals surface area contributed by atoms with Gasteiger partial charge in [-0.25, -0.2) is 0 Å². The van der Waals surface area contributed by atoms with Gasteiger partial charge in [-0.15, -0.1) is 11.8 Å². The third-order valence-electron chi connectivity index (χ3n) is 4.71. The van der Waals surface area contributed by atoms with Crippen molar-refractivity contribution in [1.82, 2.24) is 0 Å². The van der Waals surface area contributed by atoms with Gasteiger partial charge in [0.25, 0.3) is 0 Å². The van der Waals surface area contributed by atoms with Crippen molar-refractivity contribution in [3.8, 4) is 0 Å². The lowest BCUT2D eigenvalue weighted by molar-refractivity contribution is -0.117. The molecular formula is C21H23ClN2O2S. The van der Waals surface area contributed by atoms with Crippen LogP contribution in [-0.2, 0) is 22.4 Å². The van der Waals surface area contributed by atoms with Crippen molar-refractivity contribution < 1.29 is 9.59 Å². The van der Waals surface area contributed by atoms with Crippen molar-refractivity contribution in [2.45, 2.75) is 38.0 Å². The van der Waals surface area contributed by atoms with Crippen LogP contribution in [0.4, 0.5) is 11.4 Å². The fraction of sp³-hybridized carbons (Fsp3) is 0.333. The van der Waals surface area contributed by atoms with Crippen LogP contribution in [0.3, 0.4) is 0 Å². The zero-order valence-corrected chi connectivity index (χ0v) is 17.1. The van der Waals surface area contributed by atoms with Gasteiger partial charge < -0.3 is 10.2 Å². The summed E-state index contributed by atoms with van der Waals surface area (Å²) in [7, 11) is 0. The molecule has 0 fully saturated rings. The fourth-order valence-corrected chi connectivity index (χ4v) is 4.51. The van der Waals surface area contributed by atoms with Crippen LogP contribution in [0.2, 0.25) is 5.02 Å². The molecule has 0 unspecified atom stereocenters. The van der Waals surface area contributed by atoms with Crippen LogP contribution in [-0.4, -0.2) is 24.1 Å². The van der Waals surface area contributed by atoms with Gasteiger partial charge in [-0.2, -0.15) is 0 Å². The van der Waals surface area contributed by atoms with Gasteiger partial charge in [0.05, 0.1) is 11.4 Å².